The fourth-order valence-electron chi connectivity index (χ4n) is 2.09. The van der Waals surface area contributed by atoms with Gasteiger partial charge in [0.1, 0.15) is 0 Å². The predicted molar refractivity (Wildman–Crippen MR) is 83.3 cm³/mol. The number of rotatable bonds is 6. The van der Waals surface area contributed by atoms with Crippen molar-refractivity contribution in [2.45, 2.75) is 13.2 Å². The number of hydrogen-bond acceptors (Lipinski definition) is 3. The fourth-order valence-corrected chi connectivity index (χ4v) is 2.09. The van der Waals surface area contributed by atoms with Crippen LogP contribution in [0.3, 0.4) is 0 Å². The molecule has 0 saturated carbocycles. The number of nitrogens with one attached hydrogen (secondary N) is 1. The first-order valence-electron chi connectivity index (χ1n) is 6.85. The highest BCUT2D eigenvalue weighted by Crippen LogP contribution is 2.10. The quantitative estimate of drug-likeness (QED) is 0.854. The van der Waals surface area contributed by atoms with E-state index in [1.54, 1.807) is 19.2 Å². The second-order valence-corrected chi connectivity index (χ2v) is 4.83. The summed E-state index contributed by atoms with van der Waals surface area (Å²) in [6.45, 7) is 0.912. The number of benzene rings is 2. The van der Waals surface area contributed by atoms with E-state index < -0.39 is 5.91 Å². The molecule has 0 unspecified atom stereocenters. The Morgan fingerprint density at radius 2 is 1.59 bits per heavy atom. The maximum absolute atomic E-state index is 12.1. The third kappa shape index (κ3) is 3.93. The van der Waals surface area contributed by atoms with Gasteiger partial charge in [0.05, 0.1) is 6.61 Å². The van der Waals surface area contributed by atoms with Crippen molar-refractivity contribution in [3.8, 4) is 0 Å². The molecule has 0 aliphatic carbocycles. The Labute approximate surface area is 129 Å². The number of methoxy groups -OCH3 is 1. The van der Waals surface area contributed by atoms with Crippen LogP contribution < -0.4 is 11.1 Å². The molecular formula is C17H18N2O3. The zero-order valence-corrected chi connectivity index (χ0v) is 12.3. The van der Waals surface area contributed by atoms with Crippen LogP contribution in [-0.2, 0) is 17.9 Å². The van der Waals surface area contributed by atoms with Gasteiger partial charge in [-0.05, 0) is 35.4 Å². The Kier molecular flexibility index (Phi) is 5.27. The molecule has 0 aliphatic heterocycles. The van der Waals surface area contributed by atoms with Crippen molar-refractivity contribution >= 4 is 11.8 Å². The monoisotopic (exact) mass is 298 g/mol. The van der Waals surface area contributed by atoms with E-state index in [0.29, 0.717) is 24.3 Å². The van der Waals surface area contributed by atoms with Crippen LogP contribution in [0.4, 0.5) is 0 Å². The van der Waals surface area contributed by atoms with E-state index in [1.807, 2.05) is 24.3 Å². The number of primary amides is 1. The number of hydrogen-bond donors (Lipinski definition) is 2. The van der Waals surface area contributed by atoms with Crippen LogP contribution in [0.2, 0.25) is 0 Å². The van der Waals surface area contributed by atoms with Crippen LogP contribution in [-0.4, -0.2) is 18.9 Å². The highest BCUT2D eigenvalue weighted by Gasteiger charge is 2.08. The highest BCUT2D eigenvalue weighted by molar-refractivity contribution is 5.97. The molecule has 3 N–H and O–H groups in total. The lowest BCUT2D eigenvalue weighted by molar-refractivity contribution is 0.0947. The van der Waals surface area contributed by atoms with Crippen LogP contribution in [0.15, 0.2) is 48.5 Å². The first-order valence-corrected chi connectivity index (χ1v) is 6.85. The molecule has 2 aromatic rings. The Hall–Kier alpha value is -2.66. The lowest BCUT2D eigenvalue weighted by atomic mass is 10.1. The lowest BCUT2D eigenvalue weighted by Crippen LogP contribution is -2.23. The molecule has 0 spiro atoms. The maximum atomic E-state index is 12.1. The molecule has 0 saturated heterocycles. The normalized spacial score (nSPS) is 10.2. The summed E-state index contributed by atoms with van der Waals surface area (Å²) in [7, 11) is 1.63. The second-order valence-electron chi connectivity index (χ2n) is 4.83. The van der Waals surface area contributed by atoms with Crippen LogP contribution in [0.5, 0.6) is 0 Å². The van der Waals surface area contributed by atoms with Crippen LogP contribution in [0, 0.1) is 0 Å². The molecule has 2 amide bonds. The predicted octanol–water partition coefficient (Wildman–Crippen LogP) is 1.86. The minimum atomic E-state index is -0.513. The molecule has 0 aliphatic rings. The van der Waals surface area contributed by atoms with Gasteiger partial charge in [0.25, 0.3) is 5.91 Å². The van der Waals surface area contributed by atoms with Crippen LogP contribution in [0.25, 0.3) is 0 Å². The minimum absolute atomic E-state index is 0.205. The molecule has 22 heavy (non-hydrogen) atoms. The maximum Gasteiger partial charge on any atom is 0.251 e. The number of nitrogens with two attached hydrogens (primary N) is 1. The summed E-state index contributed by atoms with van der Waals surface area (Å²) in [5.74, 6) is -0.719. The van der Waals surface area contributed by atoms with Crippen molar-refractivity contribution in [2.75, 3.05) is 7.11 Å². The average Bonchev–Trinajstić information content (AvgIpc) is 2.54. The Morgan fingerprint density at radius 3 is 2.18 bits per heavy atom. The molecule has 0 fully saturated rings. The molecule has 0 aromatic heterocycles. The van der Waals surface area contributed by atoms with Crippen LogP contribution in [0.1, 0.15) is 31.8 Å². The summed E-state index contributed by atoms with van der Waals surface area (Å²) in [5.41, 5.74) is 8.07. The zero-order chi connectivity index (χ0) is 15.9. The van der Waals surface area contributed by atoms with E-state index in [9.17, 15) is 9.59 Å². The van der Waals surface area contributed by atoms with Gasteiger partial charge in [-0.2, -0.15) is 0 Å². The average molecular weight is 298 g/mol. The molecule has 0 atom stereocenters. The van der Waals surface area contributed by atoms with E-state index in [4.69, 9.17) is 10.5 Å². The summed E-state index contributed by atoms with van der Waals surface area (Å²) >= 11 is 0. The minimum Gasteiger partial charge on any atom is -0.380 e. The molecule has 2 rings (SSSR count). The van der Waals surface area contributed by atoms with Crippen molar-refractivity contribution < 1.29 is 14.3 Å². The topological polar surface area (TPSA) is 81.4 Å². The third-order valence-electron chi connectivity index (χ3n) is 3.29. The lowest BCUT2D eigenvalue weighted by Gasteiger charge is -2.10. The molecule has 114 valence electrons. The third-order valence-corrected chi connectivity index (χ3v) is 3.29. The van der Waals surface area contributed by atoms with E-state index >= 15 is 0 Å². The van der Waals surface area contributed by atoms with Gasteiger partial charge >= 0.3 is 0 Å². The number of amides is 2. The van der Waals surface area contributed by atoms with Gasteiger partial charge in [0.2, 0.25) is 5.91 Å². The number of carbonyl (C=O) groups excluding carboxylic acids is 2. The van der Waals surface area contributed by atoms with Gasteiger partial charge in [-0.25, -0.2) is 0 Å². The van der Waals surface area contributed by atoms with Crippen molar-refractivity contribution in [3.05, 3.63) is 70.8 Å². The van der Waals surface area contributed by atoms with E-state index in [0.717, 1.165) is 11.1 Å². The van der Waals surface area contributed by atoms with Crippen LogP contribution >= 0.6 is 0 Å². The van der Waals surface area contributed by atoms with Crippen molar-refractivity contribution in [2.24, 2.45) is 5.73 Å². The molecule has 5 heteroatoms. The Morgan fingerprint density at radius 1 is 1.00 bits per heavy atom. The smallest absolute Gasteiger partial charge is 0.251 e. The fraction of sp³-hybridized carbons (Fsp3) is 0.176. The first-order chi connectivity index (χ1) is 10.6. The van der Waals surface area contributed by atoms with Crippen molar-refractivity contribution in [1.29, 1.82) is 0 Å². The molecule has 5 nitrogen and oxygen atoms in total. The van der Waals surface area contributed by atoms with Crippen molar-refractivity contribution in [3.63, 3.8) is 0 Å². The van der Waals surface area contributed by atoms with Gasteiger partial charge in [-0.3, -0.25) is 9.59 Å². The van der Waals surface area contributed by atoms with Gasteiger partial charge in [-0.15, -0.1) is 0 Å². The van der Waals surface area contributed by atoms with Gasteiger partial charge in [-0.1, -0.05) is 24.3 Å². The van der Waals surface area contributed by atoms with E-state index in [1.165, 1.54) is 12.1 Å². The zero-order valence-electron chi connectivity index (χ0n) is 12.3. The van der Waals surface area contributed by atoms with Gasteiger partial charge in [0.15, 0.2) is 0 Å². The highest BCUT2D eigenvalue weighted by atomic mass is 16.5. The summed E-state index contributed by atoms with van der Waals surface area (Å²) in [5, 5.41) is 2.85. The summed E-state index contributed by atoms with van der Waals surface area (Å²) in [6, 6.07) is 14.0. The van der Waals surface area contributed by atoms with E-state index in [2.05, 4.69) is 5.32 Å². The summed E-state index contributed by atoms with van der Waals surface area (Å²) in [6.07, 6.45) is 0. The molecular weight excluding hydrogens is 280 g/mol. The SMILES string of the molecule is COCc1ccccc1CNC(=O)c1ccc(C(N)=O)cc1. The standard InChI is InChI=1S/C17H18N2O3/c1-22-11-15-5-3-2-4-14(15)10-19-17(21)13-8-6-12(7-9-13)16(18)20/h2-9H,10-11H2,1H3,(H2,18,20)(H,19,21). The molecule has 2 aromatic carbocycles. The first kappa shape index (κ1) is 15.7. The Bertz CT molecular complexity index is 666. The summed E-state index contributed by atoms with van der Waals surface area (Å²) < 4.78 is 5.14. The second kappa shape index (κ2) is 7.38. The molecule has 0 bridgehead atoms. The molecule has 0 radical (unpaired) electrons. The number of ether oxygens (including phenoxy) is 1. The molecule has 0 heterocycles. The summed E-state index contributed by atoms with van der Waals surface area (Å²) in [4.78, 5) is 23.1. The Balaban J connectivity index is 2.02. The van der Waals surface area contributed by atoms with E-state index in [-0.39, 0.29) is 5.91 Å². The van der Waals surface area contributed by atoms with Crippen molar-refractivity contribution in [1.82, 2.24) is 5.32 Å². The largest absolute Gasteiger partial charge is 0.380 e. The number of carbonyl (C=O) groups is 2. The van der Waals surface area contributed by atoms with Gasteiger partial charge in [0, 0.05) is 24.8 Å². The van der Waals surface area contributed by atoms with Gasteiger partial charge < -0.3 is 15.8 Å².